The van der Waals surface area contributed by atoms with Crippen molar-refractivity contribution in [2.24, 2.45) is 0 Å². The normalized spacial score (nSPS) is 21.2. The number of carbonyl (C=O) groups excluding carboxylic acids is 2. The van der Waals surface area contributed by atoms with Crippen LogP contribution in [0.4, 0.5) is 4.39 Å². The zero-order valence-corrected chi connectivity index (χ0v) is 17.9. The second-order valence-electron chi connectivity index (χ2n) is 8.05. The molecule has 2 aromatic carbocycles. The van der Waals surface area contributed by atoms with E-state index in [-0.39, 0.29) is 36.3 Å². The first-order valence-corrected chi connectivity index (χ1v) is 10.9. The standard InChI is InChI=1S/C24H28FN3O4/c25-19-3-1-2-18(14-19)24-21(8-9-22(29)27-24)26-15-17-4-6-20(7-5-17)32-16-23(30)28-10-12-31-13-11-28/h1-7,14,21,24,26H,8-13,15-16H2,(H,27,29)/t21-,24+/m1/s1. The molecular weight excluding hydrogens is 413 g/mol. The van der Waals surface area contributed by atoms with E-state index >= 15 is 0 Å². The quantitative estimate of drug-likeness (QED) is 0.689. The minimum atomic E-state index is -0.316. The van der Waals surface area contributed by atoms with Gasteiger partial charge in [0.15, 0.2) is 6.61 Å². The van der Waals surface area contributed by atoms with E-state index < -0.39 is 0 Å². The van der Waals surface area contributed by atoms with Crippen molar-refractivity contribution in [1.29, 1.82) is 0 Å². The first kappa shape index (κ1) is 22.2. The van der Waals surface area contributed by atoms with Crippen LogP contribution in [-0.2, 0) is 20.9 Å². The summed E-state index contributed by atoms with van der Waals surface area (Å²) in [5, 5.41) is 6.47. The number of nitrogens with zero attached hydrogens (tertiary/aromatic N) is 1. The van der Waals surface area contributed by atoms with E-state index in [1.54, 1.807) is 11.0 Å². The summed E-state index contributed by atoms with van der Waals surface area (Å²) in [6.07, 6.45) is 1.12. The zero-order valence-electron chi connectivity index (χ0n) is 17.9. The molecule has 0 spiro atoms. The van der Waals surface area contributed by atoms with E-state index in [0.717, 1.165) is 11.1 Å². The fourth-order valence-corrected chi connectivity index (χ4v) is 4.04. The molecule has 0 radical (unpaired) electrons. The van der Waals surface area contributed by atoms with Crippen LogP contribution in [-0.4, -0.2) is 55.7 Å². The number of benzene rings is 2. The summed E-state index contributed by atoms with van der Waals surface area (Å²) < 4.78 is 24.6. The topological polar surface area (TPSA) is 79.9 Å². The summed E-state index contributed by atoms with van der Waals surface area (Å²) in [6, 6.07) is 13.7. The summed E-state index contributed by atoms with van der Waals surface area (Å²) >= 11 is 0. The molecule has 2 heterocycles. The first-order valence-electron chi connectivity index (χ1n) is 10.9. The Kier molecular flexibility index (Phi) is 7.34. The van der Waals surface area contributed by atoms with E-state index in [4.69, 9.17) is 9.47 Å². The maximum atomic E-state index is 13.7. The van der Waals surface area contributed by atoms with E-state index in [1.165, 1.54) is 12.1 Å². The van der Waals surface area contributed by atoms with E-state index in [0.29, 0.717) is 51.4 Å². The fourth-order valence-electron chi connectivity index (χ4n) is 4.04. The molecule has 2 fully saturated rings. The van der Waals surface area contributed by atoms with Crippen molar-refractivity contribution in [2.45, 2.75) is 31.5 Å². The lowest BCUT2D eigenvalue weighted by Crippen LogP contribution is -2.48. The van der Waals surface area contributed by atoms with Crippen LogP contribution in [0.5, 0.6) is 5.75 Å². The van der Waals surface area contributed by atoms with Crippen LogP contribution >= 0.6 is 0 Å². The summed E-state index contributed by atoms with van der Waals surface area (Å²) in [4.78, 5) is 25.9. The Hall–Kier alpha value is -2.97. The molecule has 8 heteroatoms. The van der Waals surface area contributed by atoms with Gasteiger partial charge in [-0.3, -0.25) is 9.59 Å². The average Bonchev–Trinajstić information content (AvgIpc) is 2.83. The number of hydrogen-bond acceptors (Lipinski definition) is 5. The zero-order chi connectivity index (χ0) is 22.3. The highest BCUT2D eigenvalue weighted by Crippen LogP contribution is 2.25. The monoisotopic (exact) mass is 441 g/mol. The van der Waals surface area contributed by atoms with Gasteiger partial charge in [0, 0.05) is 32.1 Å². The van der Waals surface area contributed by atoms with Gasteiger partial charge >= 0.3 is 0 Å². The Morgan fingerprint density at radius 2 is 1.97 bits per heavy atom. The Balaban J connectivity index is 1.30. The highest BCUT2D eigenvalue weighted by molar-refractivity contribution is 5.78. The summed E-state index contributed by atoms with van der Waals surface area (Å²) in [5.74, 6) is 0.258. The number of ether oxygens (including phenoxy) is 2. The Morgan fingerprint density at radius 1 is 1.19 bits per heavy atom. The molecule has 7 nitrogen and oxygen atoms in total. The molecule has 2 amide bonds. The smallest absolute Gasteiger partial charge is 0.260 e. The van der Waals surface area contributed by atoms with Crippen molar-refractivity contribution in [3.05, 3.63) is 65.5 Å². The molecule has 170 valence electrons. The summed E-state index contributed by atoms with van der Waals surface area (Å²) in [5.41, 5.74) is 1.80. The molecule has 2 aliphatic heterocycles. The highest BCUT2D eigenvalue weighted by atomic mass is 19.1. The molecule has 2 atom stereocenters. The average molecular weight is 442 g/mol. The van der Waals surface area contributed by atoms with Crippen LogP contribution in [0.15, 0.2) is 48.5 Å². The van der Waals surface area contributed by atoms with Crippen molar-refractivity contribution in [1.82, 2.24) is 15.5 Å². The second-order valence-corrected chi connectivity index (χ2v) is 8.05. The third-order valence-electron chi connectivity index (χ3n) is 5.83. The molecule has 0 aliphatic carbocycles. The lowest BCUT2D eigenvalue weighted by Gasteiger charge is -2.33. The summed E-state index contributed by atoms with van der Waals surface area (Å²) in [7, 11) is 0. The Labute approximate surface area is 186 Å². The molecule has 2 aromatic rings. The van der Waals surface area contributed by atoms with E-state index in [1.807, 2.05) is 30.3 Å². The predicted octanol–water partition coefficient (Wildman–Crippen LogP) is 2.17. The summed E-state index contributed by atoms with van der Waals surface area (Å²) in [6.45, 7) is 2.94. The lowest BCUT2D eigenvalue weighted by atomic mass is 9.91. The molecule has 0 unspecified atom stereocenters. The number of rotatable bonds is 7. The number of carbonyl (C=O) groups is 2. The SMILES string of the molecule is O=C1CC[C@@H](NCc2ccc(OCC(=O)N3CCOCC3)cc2)[C@H](c2cccc(F)c2)N1. The maximum Gasteiger partial charge on any atom is 0.260 e. The number of morpholine rings is 1. The van der Waals surface area contributed by atoms with Crippen molar-refractivity contribution < 1.29 is 23.5 Å². The largest absolute Gasteiger partial charge is 0.484 e. The predicted molar refractivity (Wildman–Crippen MR) is 116 cm³/mol. The van der Waals surface area contributed by atoms with Crippen LogP contribution in [0.25, 0.3) is 0 Å². The molecule has 4 rings (SSSR count). The highest BCUT2D eigenvalue weighted by Gasteiger charge is 2.29. The van der Waals surface area contributed by atoms with Gasteiger partial charge in [0.2, 0.25) is 5.91 Å². The van der Waals surface area contributed by atoms with Gasteiger partial charge in [-0.25, -0.2) is 4.39 Å². The van der Waals surface area contributed by atoms with Gasteiger partial charge in [0.25, 0.3) is 5.91 Å². The van der Waals surface area contributed by atoms with Gasteiger partial charge < -0.3 is 25.0 Å². The molecule has 32 heavy (non-hydrogen) atoms. The van der Waals surface area contributed by atoms with Crippen LogP contribution in [0.2, 0.25) is 0 Å². The second kappa shape index (κ2) is 10.6. The van der Waals surface area contributed by atoms with Gasteiger partial charge in [0.05, 0.1) is 19.3 Å². The Bertz CT molecular complexity index is 931. The van der Waals surface area contributed by atoms with Gasteiger partial charge in [0.1, 0.15) is 11.6 Å². The number of nitrogens with one attached hydrogen (secondary N) is 2. The van der Waals surface area contributed by atoms with Crippen LogP contribution in [0.3, 0.4) is 0 Å². The van der Waals surface area contributed by atoms with Gasteiger partial charge in [-0.05, 0) is 41.8 Å². The number of halogens is 1. The minimum Gasteiger partial charge on any atom is -0.484 e. The van der Waals surface area contributed by atoms with Crippen molar-refractivity contribution in [2.75, 3.05) is 32.9 Å². The minimum absolute atomic E-state index is 0.00318. The third-order valence-corrected chi connectivity index (χ3v) is 5.83. The fraction of sp³-hybridized carbons (Fsp3) is 0.417. The molecular formula is C24H28FN3O4. The molecule has 2 N–H and O–H groups in total. The Morgan fingerprint density at radius 3 is 2.72 bits per heavy atom. The van der Waals surface area contributed by atoms with Crippen molar-refractivity contribution in [3.8, 4) is 5.75 Å². The third kappa shape index (κ3) is 5.83. The van der Waals surface area contributed by atoms with Crippen LogP contribution < -0.4 is 15.4 Å². The van der Waals surface area contributed by atoms with Crippen molar-refractivity contribution in [3.63, 3.8) is 0 Å². The van der Waals surface area contributed by atoms with Gasteiger partial charge in [-0.1, -0.05) is 24.3 Å². The maximum absolute atomic E-state index is 13.7. The number of amides is 2. The molecule has 2 saturated heterocycles. The lowest BCUT2D eigenvalue weighted by molar-refractivity contribution is -0.137. The molecule has 2 aliphatic rings. The molecule has 0 bridgehead atoms. The number of piperidine rings is 1. The molecule has 0 saturated carbocycles. The van der Waals surface area contributed by atoms with Gasteiger partial charge in [-0.2, -0.15) is 0 Å². The van der Waals surface area contributed by atoms with Crippen LogP contribution in [0.1, 0.15) is 30.0 Å². The molecule has 0 aromatic heterocycles. The van der Waals surface area contributed by atoms with E-state index in [9.17, 15) is 14.0 Å². The van der Waals surface area contributed by atoms with E-state index in [2.05, 4.69) is 10.6 Å². The number of hydrogen-bond donors (Lipinski definition) is 2. The first-order chi connectivity index (χ1) is 15.6. The van der Waals surface area contributed by atoms with Crippen LogP contribution in [0, 0.1) is 5.82 Å². The van der Waals surface area contributed by atoms with Gasteiger partial charge in [-0.15, -0.1) is 0 Å². The van der Waals surface area contributed by atoms with Crippen molar-refractivity contribution >= 4 is 11.8 Å².